The SMILES string of the molecule is CC(C)N=S(C)(=O)O. The average Bonchev–Trinajstić information content (AvgIpc) is 1.21. The van der Waals surface area contributed by atoms with Crippen molar-refractivity contribution >= 4 is 10.0 Å². The van der Waals surface area contributed by atoms with Gasteiger partial charge in [-0.1, -0.05) is 0 Å². The molecular weight excluding hydrogens is 126 g/mol. The molecule has 0 bridgehead atoms. The third-order valence-corrected chi connectivity index (χ3v) is 1.22. The van der Waals surface area contributed by atoms with Crippen molar-refractivity contribution in [3.63, 3.8) is 0 Å². The zero-order chi connectivity index (χ0) is 6.78. The van der Waals surface area contributed by atoms with E-state index < -0.39 is 10.0 Å². The summed E-state index contributed by atoms with van der Waals surface area (Å²) in [6.07, 6.45) is 1.20. The second kappa shape index (κ2) is 2.46. The van der Waals surface area contributed by atoms with Gasteiger partial charge in [0.2, 0.25) is 0 Å². The topological polar surface area (TPSA) is 49.7 Å². The Balaban J connectivity index is 4.19. The summed E-state index contributed by atoms with van der Waals surface area (Å²) in [4.78, 5) is 0. The minimum absolute atomic E-state index is 0.0579. The number of nitrogens with zero attached hydrogens (tertiary/aromatic N) is 1. The summed E-state index contributed by atoms with van der Waals surface area (Å²) >= 11 is 0. The van der Waals surface area contributed by atoms with E-state index in [0.29, 0.717) is 0 Å². The molecule has 0 saturated carbocycles. The fourth-order valence-corrected chi connectivity index (χ4v) is 1.17. The van der Waals surface area contributed by atoms with Crippen molar-refractivity contribution in [2.75, 3.05) is 6.26 Å². The summed E-state index contributed by atoms with van der Waals surface area (Å²) in [5.74, 6) is 0. The molecule has 1 atom stereocenters. The molecule has 0 aliphatic rings. The zero-order valence-electron chi connectivity index (χ0n) is 5.29. The van der Waals surface area contributed by atoms with Crippen molar-refractivity contribution < 1.29 is 8.76 Å². The highest BCUT2D eigenvalue weighted by molar-refractivity contribution is 7.87. The number of hydrogen-bond acceptors (Lipinski definition) is 2. The lowest BCUT2D eigenvalue weighted by Crippen LogP contribution is -1.98. The maximum absolute atomic E-state index is 10.4. The fourth-order valence-electron chi connectivity index (χ4n) is 0.391. The van der Waals surface area contributed by atoms with E-state index >= 15 is 0 Å². The lowest BCUT2D eigenvalue weighted by molar-refractivity contribution is 0.552. The predicted molar refractivity (Wildman–Crippen MR) is 34.3 cm³/mol. The van der Waals surface area contributed by atoms with E-state index in [9.17, 15) is 4.21 Å². The molecule has 0 aliphatic heterocycles. The molecule has 0 rings (SSSR count). The molecule has 0 heterocycles. The summed E-state index contributed by atoms with van der Waals surface area (Å²) in [5.41, 5.74) is 0. The van der Waals surface area contributed by atoms with Crippen molar-refractivity contribution in [2.24, 2.45) is 4.36 Å². The number of hydrogen-bond donors (Lipinski definition) is 1. The standard InChI is InChI=1S/C4H11NO2S/c1-4(2)5-8(3,6)7/h4H,1-3H3,(H,5,6,7). The minimum Gasteiger partial charge on any atom is -0.301 e. The molecule has 0 aromatic heterocycles. The Labute approximate surface area is 50.1 Å². The Morgan fingerprint density at radius 1 is 1.62 bits per heavy atom. The van der Waals surface area contributed by atoms with Gasteiger partial charge < -0.3 is 4.55 Å². The van der Waals surface area contributed by atoms with Gasteiger partial charge in [0.05, 0.1) is 6.04 Å². The van der Waals surface area contributed by atoms with E-state index in [1.54, 1.807) is 13.8 Å². The first kappa shape index (κ1) is 7.91. The van der Waals surface area contributed by atoms with Gasteiger partial charge in [0.15, 0.2) is 10.0 Å². The maximum atomic E-state index is 10.4. The molecule has 4 heteroatoms. The van der Waals surface area contributed by atoms with E-state index in [1.807, 2.05) is 0 Å². The van der Waals surface area contributed by atoms with Crippen LogP contribution in [0.5, 0.6) is 0 Å². The van der Waals surface area contributed by atoms with Crippen LogP contribution < -0.4 is 0 Å². The maximum Gasteiger partial charge on any atom is 0.158 e. The Morgan fingerprint density at radius 2 is 2.00 bits per heavy atom. The van der Waals surface area contributed by atoms with Gasteiger partial charge >= 0.3 is 0 Å². The van der Waals surface area contributed by atoms with Gasteiger partial charge in [0.25, 0.3) is 0 Å². The monoisotopic (exact) mass is 137 g/mol. The smallest absolute Gasteiger partial charge is 0.158 e. The quantitative estimate of drug-likeness (QED) is 0.585. The summed E-state index contributed by atoms with van der Waals surface area (Å²) < 4.78 is 22.4. The molecule has 8 heavy (non-hydrogen) atoms. The van der Waals surface area contributed by atoms with Crippen LogP contribution >= 0.6 is 0 Å². The van der Waals surface area contributed by atoms with Crippen molar-refractivity contribution in [1.82, 2.24) is 0 Å². The molecule has 3 nitrogen and oxygen atoms in total. The molecule has 0 aliphatic carbocycles. The minimum atomic E-state index is -2.85. The fraction of sp³-hybridized carbons (Fsp3) is 1.00. The average molecular weight is 137 g/mol. The second-order valence-corrected chi connectivity index (χ2v) is 3.70. The normalized spacial score (nSPS) is 18.1. The van der Waals surface area contributed by atoms with Crippen LogP contribution in [0, 0.1) is 0 Å². The van der Waals surface area contributed by atoms with Crippen LogP contribution in [0.4, 0.5) is 0 Å². The van der Waals surface area contributed by atoms with E-state index in [2.05, 4.69) is 4.36 Å². The largest absolute Gasteiger partial charge is 0.301 e. The molecule has 0 aromatic carbocycles. The highest BCUT2D eigenvalue weighted by Crippen LogP contribution is 1.90. The molecule has 0 saturated heterocycles. The van der Waals surface area contributed by atoms with E-state index in [1.165, 1.54) is 6.26 Å². The molecule has 0 radical (unpaired) electrons. The lowest BCUT2D eigenvalue weighted by atomic mass is 10.4. The van der Waals surface area contributed by atoms with E-state index in [0.717, 1.165) is 0 Å². The Bertz CT molecular complexity index is 159. The van der Waals surface area contributed by atoms with Crippen LogP contribution in [0.1, 0.15) is 13.8 Å². The number of rotatable bonds is 1. The summed E-state index contributed by atoms with van der Waals surface area (Å²) in [5, 5.41) is 0. The van der Waals surface area contributed by atoms with E-state index in [-0.39, 0.29) is 6.04 Å². The van der Waals surface area contributed by atoms with Crippen molar-refractivity contribution in [3.05, 3.63) is 0 Å². The van der Waals surface area contributed by atoms with Crippen LogP contribution in [0.2, 0.25) is 0 Å². The van der Waals surface area contributed by atoms with Crippen LogP contribution in [0.3, 0.4) is 0 Å². The molecular formula is C4H11NO2S. The predicted octanol–water partition coefficient (Wildman–Crippen LogP) is 0.966. The van der Waals surface area contributed by atoms with Gasteiger partial charge in [-0.05, 0) is 13.8 Å². The molecule has 0 aromatic rings. The Morgan fingerprint density at radius 3 is 2.00 bits per heavy atom. The molecule has 50 valence electrons. The van der Waals surface area contributed by atoms with Crippen LogP contribution in [-0.4, -0.2) is 21.1 Å². The van der Waals surface area contributed by atoms with E-state index in [4.69, 9.17) is 4.55 Å². The Hall–Kier alpha value is -0.0900. The first-order valence-electron chi connectivity index (χ1n) is 2.35. The molecule has 0 fully saturated rings. The zero-order valence-corrected chi connectivity index (χ0v) is 6.10. The second-order valence-electron chi connectivity index (χ2n) is 1.96. The highest BCUT2D eigenvalue weighted by Gasteiger charge is 1.92. The van der Waals surface area contributed by atoms with Gasteiger partial charge in [0.1, 0.15) is 0 Å². The summed E-state index contributed by atoms with van der Waals surface area (Å²) in [6.45, 7) is 3.53. The van der Waals surface area contributed by atoms with Gasteiger partial charge in [0, 0.05) is 6.26 Å². The van der Waals surface area contributed by atoms with Crippen molar-refractivity contribution in [2.45, 2.75) is 19.9 Å². The van der Waals surface area contributed by atoms with Crippen molar-refractivity contribution in [3.8, 4) is 0 Å². The molecule has 0 amide bonds. The first-order valence-corrected chi connectivity index (χ1v) is 4.23. The van der Waals surface area contributed by atoms with Gasteiger partial charge in [-0.25, -0.2) is 8.57 Å². The van der Waals surface area contributed by atoms with Crippen molar-refractivity contribution in [1.29, 1.82) is 0 Å². The Kier molecular flexibility index (Phi) is 2.43. The summed E-state index contributed by atoms with van der Waals surface area (Å²) in [6, 6.07) is -0.0579. The lowest BCUT2D eigenvalue weighted by Gasteiger charge is -1.95. The highest BCUT2D eigenvalue weighted by atomic mass is 32.2. The van der Waals surface area contributed by atoms with Gasteiger partial charge in [-0.3, -0.25) is 0 Å². The summed E-state index contributed by atoms with van der Waals surface area (Å²) in [7, 11) is -2.85. The molecule has 1 N–H and O–H groups in total. The van der Waals surface area contributed by atoms with Gasteiger partial charge in [-0.2, -0.15) is 0 Å². The first-order chi connectivity index (χ1) is 3.42. The van der Waals surface area contributed by atoms with Crippen LogP contribution in [0.25, 0.3) is 0 Å². The van der Waals surface area contributed by atoms with Gasteiger partial charge in [-0.15, -0.1) is 0 Å². The molecule has 1 unspecified atom stereocenters. The third kappa shape index (κ3) is 5.91. The third-order valence-electron chi connectivity index (χ3n) is 0.406. The molecule has 0 spiro atoms. The van der Waals surface area contributed by atoms with Crippen LogP contribution in [-0.2, 0) is 10.0 Å². The van der Waals surface area contributed by atoms with Crippen LogP contribution in [0.15, 0.2) is 4.36 Å².